The summed E-state index contributed by atoms with van der Waals surface area (Å²) >= 11 is 1.35. The van der Waals surface area contributed by atoms with Crippen molar-refractivity contribution >= 4 is 11.8 Å². The fourth-order valence-corrected chi connectivity index (χ4v) is 2.78. The molecule has 0 aliphatic heterocycles. The first kappa shape index (κ1) is 13.4. The minimum absolute atomic E-state index is 0.212. The lowest BCUT2D eigenvalue weighted by Gasteiger charge is -2.07. The molecular formula is C13H14N4OS. The van der Waals surface area contributed by atoms with Crippen LogP contribution in [0.25, 0.3) is 0 Å². The monoisotopic (exact) mass is 274 g/mol. The van der Waals surface area contributed by atoms with Crippen LogP contribution in [0.5, 0.6) is 0 Å². The van der Waals surface area contributed by atoms with Crippen molar-refractivity contribution in [3.63, 3.8) is 0 Å². The zero-order valence-corrected chi connectivity index (χ0v) is 11.6. The Morgan fingerprint density at radius 3 is 3.00 bits per heavy atom. The summed E-state index contributed by atoms with van der Waals surface area (Å²) in [6.45, 7) is 4.56. The fourth-order valence-electron chi connectivity index (χ4n) is 1.77. The molecule has 0 aliphatic carbocycles. The van der Waals surface area contributed by atoms with Crippen molar-refractivity contribution in [2.24, 2.45) is 0 Å². The molecule has 0 atom stereocenters. The van der Waals surface area contributed by atoms with Gasteiger partial charge in [0, 0.05) is 11.4 Å². The van der Waals surface area contributed by atoms with E-state index in [-0.39, 0.29) is 5.69 Å². The smallest absolute Gasteiger partial charge is 0.270 e. The zero-order valence-electron chi connectivity index (χ0n) is 10.8. The van der Waals surface area contributed by atoms with Crippen molar-refractivity contribution < 1.29 is 0 Å². The molecule has 5 nitrogen and oxygen atoms in total. The van der Waals surface area contributed by atoms with Gasteiger partial charge in [0.25, 0.3) is 0 Å². The van der Waals surface area contributed by atoms with Crippen molar-refractivity contribution in [3.8, 4) is 6.07 Å². The van der Waals surface area contributed by atoms with E-state index in [1.54, 1.807) is 10.6 Å². The molecule has 0 amide bonds. The molecule has 2 rings (SSSR count). The highest BCUT2D eigenvalue weighted by Crippen LogP contribution is 2.31. The Morgan fingerprint density at radius 1 is 1.53 bits per heavy atom. The highest BCUT2D eigenvalue weighted by molar-refractivity contribution is 7.99. The minimum atomic E-state index is -0.212. The average Bonchev–Trinajstić information content (AvgIpc) is 2.74. The van der Waals surface area contributed by atoms with Crippen molar-refractivity contribution in [3.05, 3.63) is 39.8 Å². The van der Waals surface area contributed by atoms with Crippen molar-refractivity contribution in [1.29, 1.82) is 5.26 Å². The molecule has 19 heavy (non-hydrogen) atoms. The molecule has 1 N–H and O–H groups in total. The second kappa shape index (κ2) is 5.76. The van der Waals surface area contributed by atoms with Crippen LogP contribution in [0.4, 0.5) is 0 Å². The Labute approximate surface area is 115 Å². The third-order valence-corrected chi connectivity index (χ3v) is 3.94. The topological polar surface area (TPSA) is 74.5 Å². The van der Waals surface area contributed by atoms with Gasteiger partial charge in [0.05, 0.1) is 5.56 Å². The van der Waals surface area contributed by atoms with Crippen molar-refractivity contribution in [2.75, 3.05) is 0 Å². The van der Waals surface area contributed by atoms with Crippen LogP contribution in [0.15, 0.2) is 33.0 Å². The Morgan fingerprint density at radius 2 is 2.32 bits per heavy atom. The van der Waals surface area contributed by atoms with E-state index in [4.69, 9.17) is 5.26 Å². The molecule has 0 aliphatic rings. The number of aromatic nitrogens is 3. The SMILES string of the molecule is CCCn1c(Sc2c(C)cccc2C#N)n[nH]c1=O. The van der Waals surface area contributed by atoms with Crippen LogP contribution >= 0.6 is 11.8 Å². The zero-order chi connectivity index (χ0) is 13.8. The lowest BCUT2D eigenvalue weighted by Crippen LogP contribution is -2.17. The summed E-state index contributed by atoms with van der Waals surface area (Å²) in [7, 11) is 0. The van der Waals surface area contributed by atoms with Crippen LogP contribution in [0.2, 0.25) is 0 Å². The summed E-state index contributed by atoms with van der Waals surface area (Å²) in [6.07, 6.45) is 0.853. The second-order valence-corrected chi connectivity index (χ2v) is 5.11. The largest absolute Gasteiger partial charge is 0.343 e. The maximum absolute atomic E-state index is 11.6. The van der Waals surface area contributed by atoms with Crippen LogP contribution in [0, 0.1) is 18.3 Å². The van der Waals surface area contributed by atoms with E-state index < -0.39 is 0 Å². The van der Waals surface area contributed by atoms with Gasteiger partial charge in [-0.3, -0.25) is 4.57 Å². The molecule has 98 valence electrons. The predicted molar refractivity (Wildman–Crippen MR) is 73.2 cm³/mol. The number of hydrogen-bond acceptors (Lipinski definition) is 4. The summed E-state index contributed by atoms with van der Waals surface area (Å²) in [6, 6.07) is 7.73. The maximum Gasteiger partial charge on any atom is 0.343 e. The first-order valence-electron chi connectivity index (χ1n) is 6.00. The van der Waals surface area contributed by atoms with Crippen molar-refractivity contribution in [2.45, 2.75) is 36.9 Å². The molecule has 0 spiro atoms. The Bertz CT molecular complexity index is 681. The van der Waals surface area contributed by atoms with Crippen LogP contribution < -0.4 is 5.69 Å². The van der Waals surface area contributed by atoms with E-state index in [1.165, 1.54) is 11.8 Å². The molecular weight excluding hydrogens is 260 g/mol. The summed E-state index contributed by atoms with van der Waals surface area (Å²) in [4.78, 5) is 12.5. The molecule has 0 saturated heterocycles. The van der Waals surface area contributed by atoms with Crippen LogP contribution in [0.3, 0.4) is 0 Å². The quantitative estimate of drug-likeness (QED) is 0.928. The van der Waals surface area contributed by atoms with Crippen LogP contribution in [-0.2, 0) is 6.54 Å². The highest BCUT2D eigenvalue weighted by atomic mass is 32.2. The summed E-state index contributed by atoms with van der Waals surface area (Å²) in [5.74, 6) is 0. The first-order chi connectivity index (χ1) is 9.17. The number of nitrogens with one attached hydrogen (secondary N) is 1. The van der Waals surface area contributed by atoms with Crippen LogP contribution in [-0.4, -0.2) is 14.8 Å². The van der Waals surface area contributed by atoms with Gasteiger partial charge in [0.15, 0.2) is 5.16 Å². The van der Waals surface area contributed by atoms with E-state index in [9.17, 15) is 4.79 Å². The molecule has 1 heterocycles. The number of aryl methyl sites for hydroxylation is 1. The van der Waals surface area contributed by atoms with E-state index >= 15 is 0 Å². The third-order valence-electron chi connectivity index (χ3n) is 2.70. The van der Waals surface area contributed by atoms with E-state index in [2.05, 4.69) is 16.3 Å². The van der Waals surface area contributed by atoms with Crippen molar-refractivity contribution in [1.82, 2.24) is 14.8 Å². The van der Waals surface area contributed by atoms with Crippen LogP contribution in [0.1, 0.15) is 24.5 Å². The van der Waals surface area contributed by atoms with E-state index in [0.717, 1.165) is 16.9 Å². The van der Waals surface area contributed by atoms with E-state index in [1.807, 2.05) is 26.0 Å². The molecule has 6 heteroatoms. The summed E-state index contributed by atoms with van der Waals surface area (Å²) in [5, 5.41) is 16.2. The number of rotatable bonds is 4. The van der Waals surface area contributed by atoms with Gasteiger partial charge in [-0.1, -0.05) is 19.1 Å². The van der Waals surface area contributed by atoms with Gasteiger partial charge in [-0.15, -0.1) is 5.10 Å². The molecule has 1 aromatic carbocycles. The fraction of sp³-hybridized carbons (Fsp3) is 0.308. The lowest BCUT2D eigenvalue weighted by molar-refractivity contribution is 0.604. The van der Waals surface area contributed by atoms with Gasteiger partial charge in [-0.25, -0.2) is 9.89 Å². The van der Waals surface area contributed by atoms with E-state index in [0.29, 0.717) is 17.3 Å². The Hall–Kier alpha value is -2.00. The average molecular weight is 274 g/mol. The van der Waals surface area contributed by atoms with Gasteiger partial charge >= 0.3 is 5.69 Å². The molecule has 0 fully saturated rings. The second-order valence-electron chi connectivity index (χ2n) is 4.13. The summed E-state index contributed by atoms with van der Waals surface area (Å²) in [5.41, 5.74) is 1.39. The molecule has 0 bridgehead atoms. The van der Waals surface area contributed by atoms with Gasteiger partial charge in [-0.2, -0.15) is 5.26 Å². The van der Waals surface area contributed by atoms with Gasteiger partial charge in [0.1, 0.15) is 6.07 Å². The normalized spacial score (nSPS) is 10.4. The third kappa shape index (κ3) is 2.71. The standard InChI is InChI=1S/C13H14N4OS/c1-3-7-17-12(18)15-16-13(17)19-11-9(2)5-4-6-10(11)8-14/h4-6H,3,7H2,1-2H3,(H,15,18). The molecule has 2 aromatic rings. The van der Waals surface area contributed by atoms with Gasteiger partial charge in [-0.05, 0) is 36.7 Å². The Kier molecular flexibility index (Phi) is 4.07. The number of nitrogens with zero attached hydrogens (tertiary/aromatic N) is 3. The molecule has 0 unspecified atom stereocenters. The van der Waals surface area contributed by atoms with Gasteiger partial charge in [0.2, 0.25) is 0 Å². The number of hydrogen-bond donors (Lipinski definition) is 1. The number of H-pyrrole nitrogens is 1. The number of nitriles is 1. The molecule has 0 radical (unpaired) electrons. The Balaban J connectivity index is 2.43. The number of benzene rings is 1. The maximum atomic E-state index is 11.6. The molecule has 0 saturated carbocycles. The summed E-state index contributed by atoms with van der Waals surface area (Å²) < 4.78 is 1.60. The number of aromatic amines is 1. The lowest BCUT2D eigenvalue weighted by atomic mass is 10.1. The molecule has 1 aromatic heterocycles. The first-order valence-corrected chi connectivity index (χ1v) is 6.81. The predicted octanol–water partition coefficient (Wildman–Crippen LogP) is 2.31. The highest BCUT2D eigenvalue weighted by Gasteiger charge is 2.13. The van der Waals surface area contributed by atoms with Gasteiger partial charge < -0.3 is 0 Å². The minimum Gasteiger partial charge on any atom is -0.270 e.